The molecule has 2 aliphatic rings. The number of rotatable bonds is 5. The summed E-state index contributed by atoms with van der Waals surface area (Å²) in [5, 5.41) is 7.32. The molecule has 2 saturated heterocycles. The number of carbonyl (C=O) groups is 1. The first-order chi connectivity index (χ1) is 12.2. The van der Waals surface area contributed by atoms with Crippen LogP contribution in [0.1, 0.15) is 18.4 Å². The van der Waals surface area contributed by atoms with Gasteiger partial charge in [0.05, 0.1) is 26.1 Å². The number of hydrogen-bond donors (Lipinski definition) is 1. The maximum Gasteiger partial charge on any atom is 0.227 e. The fraction of sp³-hybridized carbons (Fsp3) is 0.500. The van der Waals surface area contributed by atoms with Crippen LogP contribution in [0.15, 0.2) is 35.3 Å². The number of likely N-dealkylation sites (tertiary alicyclic amines) is 1. The van der Waals surface area contributed by atoms with E-state index in [1.165, 1.54) is 0 Å². The van der Waals surface area contributed by atoms with Gasteiger partial charge in [-0.25, -0.2) is 9.97 Å². The SMILES string of the molecule is O=C(Cc1ccsc1)N1CC2(CC[C@@H](CNc3ncccn3)CO2)C1. The van der Waals surface area contributed by atoms with E-state index >= 15 is 0 Å². The molecule has 2 aliphatic heterocycles. The Bertz CT molecular complexity index is 691. The summed E-state index contributed by atoms with van der Waals surface area (Å²) in [5.41, 5.74) is 0.999. The van der Waals surface area contributed by atoms with Crippen molar-refractivity contribution < 1.29 is 9.53 Å². The Morgan fingerprint density at radius 2 is 2.24 bits per heavy atom. The number of nitrogens with zero attached hydrogens (tertiary/aromatic N) is 3. The molecule has 0 radical (unpaired) electrons. The van der Waals surface area contributed by atoms with E-state index in [1.807, 2.05) is 21.7 Å². The van der Waals surface area contributed by atoms with Crippen molar-refractivity contribution in [2.75, 3.05) is 31.6 Å². The Kier molecular flexibility index (Phi) is 4.67. The van der Waals surface area contributed by atoms with Crippen molar-refractivity contribution in [1.29, 1.82) is 0 Å². The lowest BCUT2D eigenvalue weighted by Crippen LogP contribution is -2.66. The molecule has 2 aromatic heterocycles. The molecule has 2 fully saturated rings. The van der Waals surface area contributed by atoms with Gasteiger partial charge < -0.3 is 15.0 Å². The highest BCUT2D eigenvalue weighted by atomic mass is 32.1. The second-order valence-electron chi connectivity index (χ2n) is 6.91. The van der Waals surface area contributed by atoms with E-state index in [-0.39, 0.29) is 11.5 Å². The van der Waals surface area contributed by atoms with Gasteiger partial charge in [-0.05, 0) is 47.2 Å². The average Bonchev–Trinajstić information content (AvgIpc) is 3.12. The quantitative estimate of drug-likeness (QED) is 0.887. The van der Waals surface area contributed by atoms with Crippen LogP contribution in [0.4, 0.5) is 5.95 Å². The van der Waals surface area contributed by atoms with Gasteiger partial charge in [0.15, 0.2) is 0 Å². The minimum atomic E-state index is -0.107. The van der Waals surface area contributed by atoms with Crippen LogP contribution in [-0.2, 0) is 16.0 Å². The molecule has 4 rings (SSSR count). The Morgan fingerprint density at radius 3 is 2.92 bits per heavy atom. The molecule has 2 aromatic rings. The molecule has 132 valence electrons. The maximum atomic E-state index is 12.3. The van der Waals surface area contributed by atoms with Gasteiger partial charge in [0.25, 0.3) is 0 Å². The first-order valence-corrected chi connectivity index (χ1v) is 9.60. The third-order valence-electron chi connectivity index (χ3n) is 4.99. The predicted octanol–water partition coefficient (Wildman–Crippen LogP) is 2.20. The Balaban J connectivity index is 1.20. The zero-order valence-electron chi connectivity index (χ0n) is 14.1. The van der Waals surface area contributed by atoms with Crippen molar-refractivity contribution in [3.8, 4) is 0 Å². The second kappa shape index (κ2) is 7.09. The minimum absolute atomic E-state index is 0.107. The summed E-state index contributed by atoms with van der Waals surface area (Å²) < 4.78 is 6.15. The van der Waals surface area contributed by atoms with Crippen molar-refractivity contribution in [1.82, 2.24) is 14.9 Å². The lowest BCUT2D eigenvalue weighted by molar-refractivity contribution is -0.187. The van der Waals surface area contributed by atoms with E-state index in [0.717, 1.165) is 44.6 Å². The van der Waals surface area contributed by atoms with Gasteiger partial charge in [-0.1, -0.05) is 0 Å². The zero-order valence-corrected chi connectivity index (χ0v) is 14.9. The molecule has 0 saturated carbocycles. The van der Waals surface area contributed by atoms with Crippen molar-refractivity contribution in [2.24, 2.45) is 5.92 Å². The largest absolute Gasteiger partial charge is 0.371 e. The Hall–Kier alpha value is -1.99. The number of amides is 1. The Labute approximate surface area is 151 Å². The van der Waals surface area contributed by atoms with Crippen LogP contribution in [0.2, 0.25) is 0 Å². The summed E-state index contributed by atoms with van der Waals surface area (Å²) in [6.07, 6.45) is 6.09. The average molecular weight is 358 g/mol. The minimum Gasteiger partial charge on any atom is -0.371 e. The number of thiophene rings is 1. The number of nitrogens with one attached hydrogen (secondary N) is 1. The number of carbonyl (C=O) groups excluding carboxylic acids is 1. The van der Waals surface area contributed by atoms with Crippen LogP contribution >= 0.6 is 11.3 Å². The molecule has 7 heteroatoms. The van der Waals surface area contributed by atoms with Crippen LogP contribution in [0.3, 0.4) is 0 Å². The number of anilines is 1. The van der Waals surface area contributed by atoms with Crippen LogP contribution in [0.25, 0.3) is 0 Å². The molecular formula is C18H22N4O2S. The first-order valence-electron chi connectivity index (χ1n) is 8.66. The van der Waals surface area contributed by atoms with Crippen molar-refractivity contribution in [3.63, 3.8) is 0 Å². The molecule has 1 spiro atoms. The van der Waals surface area contributed by atoms with E-state index in [0.29, 0.717) is 18.3 Å². The number of hydrogen-bond acceptors (Lipinski definition) is 6. The lowest BCUT2D eigenvalue weighted by Gasteiger charge is -2.52. The highest BCUT2D eigenvalue weighted by Crippen LogP contribution is 2.36. The summed E-state index contributed by atoms with van der Waals surface area (Å²) in [7, 11) is 0. The molecule has 1 amide bonds. The third kappa shape index (κ3) is 3.82. The molecule has 0 aromatic carbocycles. The van der Waals surface area contributed by atoms with Crippen molar-refractivity contribution in [3.05, 3.63) is 40.8 Å². The molecule has 1 atom stereocenters. The van der Waals surface area contributed by atoms with Crippen molar-refractivity contribution >= 4 is 23.2 Å². The Morgan fingerprint density at radius 1 is 1.40 bits per heavy atom. The molecule has 25 heavy (non-hydrogen) atoms. The van der Waals surface area contributed by atoms with Crippen LogP contribution < -0.4 is 5.32 Å². The van der Waals surface area contributed by atoms with E-state index in [2.05, 4.69) is 15.3 Å². The molecule has 0 bridgehead atoms. The van der Waals surface area contributed by atoms with E-state index in [4.69, 9.17) is 4.74 Å². The number of ether oxygens (including phenoxy) is 1. The van der Waals surface area contributed by atoms with Crippen LogP contribution in [0.5, 0.6) is 0 Å². The van der Waals surface area contributed by atoms with E-state index in [9.17, 15) is 4.79 Å². The van der Waals surface area contributed by atoms with Gasteiger partial charge in [-0.2, -0.15) is 11.3 Å². The van der Waals surface area contributed by atoms with Crippen LogP contribution in [-0.4, -0.2) is 52.6 Å². The highest BCUT2D eigenvalue weighted by Gasteiger charge is 2.48. The van der Waals surface area contributed by atoms with E-state index in [1.54, 1.807) is 29.8 Å². The van der Waals surface area contributed by atoms with Crippen LogP contribution in [0, 0.1) is 5.92 Å². The summed E-state index contributed by atoms with van der Waals surface area (Å²) in [6, 6.07) is 3.82. The molecule has 0 unspecified atom stereocenters. The van der Waals surface area contributed by atoms with Gasteiger partial charge in [-0.3, -0.25) is 4.79 Å². The summed E-state index contributed by atoms with van der Waals surface area (Å²) in [5.74, 6) is 1.33. The predicted molar refractivity (Wildman–Crippen MR) is 96.5 cm³/mol. The summed E-state index contributed by atoms with van der Waals surface area (Å²) in [4.78, 5) is 22.6. The monoisotopic (exact) mass is 358 g/mol. The molecule has 6 nitrogen and oxygen atoms in total. The van der Waals surface area contributed by atoms with Gasteiger partial charge in [0.1, 0.15) is 5.60 Å². The fourth-order valence-electron chi connectivity index (χ4n) is 3.46. The lowest BCUT2D eigenvalue weighted by atomic mass is 9.82. The van der Waals surface area contributed by atoms with E-state index < -0.39 is 0 Å². The highest BCUT2D eigenvalue weighted by molar-refractivity contribution is 7.08. The van der Waals surface area contributed by atoms with Gasteiger partial charge in [-0.15, -0.1) is 0 Å². The third-order valence-corrected chi connectivity index (χ3v) is 5.73. The van der Waals surface area contributed by atoms with Crippen molar-refractivity contribution in [2.45, 2.75) is 24.9 Å². The molecule has 1 N–H and O–H groups in total. The van der Waals surface area contributed by atoms with Gasteiger partial charge in [0, 0.05) is 18.9 Å². The van der Waals surface area contributed by atoms with Gasteiger partial charge in [0.2, 0.25) is 11.9 Å². The maximum absolute atomic E-state index is 12.3. The fourth-order valence-corrected chi connectivity index (χ4v) is 4.13. The molecule has 4 heterocycles. The summed E-state index contributed by atoms with van der Waals surface area (Å²) in [6.45, 7) is 3.02. The second-order valence-corrected chi connectivity index (χ2v) is 7.69. The first kappa shape index (κ1) is 16.5. The summed E-state index contributed by atoms with van der Waals surface area (Å²) >= 11 is 1.63. The smallest absolute Gasteiger partial charge is 0.227 e. The zero-order chi connectivity index (χ0) is 17.1. The molecule has 0 aliphatic carbocycles. The molecular weight excluding hydrogens is 336 g/mol. The number of aromatic nitrogens is 2. The van der Waals surface area contributed by atoms with Gasteiger partial charge >= 0.3 is 0 Å². The topological polar surface area (TPSA) is 67.4 Å². The normalized spacial score (nSPS) is 21.8. The standard InChI is InChI=1S/C18H22N4O2S/c23-16(8-14-3-7-25-11-14)22-12-18(13-22)4-2-15(10-24-18)9-21-17-19-5-1-6-20-17/h1,3,5-7,11,15H,2,4,8-10,12-13H2,(H,19,20,21)/t15-/m0/s1.